The number of aromatic amines is 1. The molecule has 0 radical (unpaired) electrons. The van der Waals surface area contributed by atoms with Crippen LogP contribution in [0.15, 0.2) is 36.5 Å². The van der Waals surface area contributed by atoms with E-state index < -0.39 is 5.60 Å². The van der Waals surface area contributed by atoms with E-state index in [0.717, 1.165) is 61.6 Å². The number of fused-ring (bicyclic) bond motifs is 1. The van der Waals surface area contributed by atoms with Gasteiger partial charge in [-0.15, -0.1) is 0 Å². The van der Waals surface area contributed by atoms with Crippen LogP contribution in [0.3, 0.4) is 0 Å². The summed E-state index contributed by atoms with van der Waals surface area (Å²) >= 11 is 0. The number of ether oxygens (including phenoxy) is 1. The van der Waals surface area contributed by atoms with Gasteiger partial charge in [-0.3, -0.25) is 25.0 Å². The molecule has 2 aliphatic heterocycles. The van der Waals surface area contributed by atoms with Gasteiger partial charge in [0.15, 0.2) is 0 Å². The van der Waals surface area contributed by atoms with Crippen molar-refractivity contribution in [1.29, 1.82) is 0 Å². The maximum atomic E-state index is 12.4. The molecule has 0 spiro atoms. The highest BCUT2D eigenvalue weighted by Crippen LogP contribution is 2.31. The van der Waals surface area contributed by atoms with Crippen LogP contribution in [0.1, 0.15) is 34.6 Å². The Bertz CT molecular complexity index is 1380. The number of nitrogens with one attached hydrogen (secondary N) is 1. The maximum absolute atomic E-state index is 12.4. The van der Waals surface area contributed by atoms with E-state index >= 15 is 0 Å². The monoisotopic (exact) mass is 564 g/mol. The van der Waals surface area contributed by atoms with E-state index in [9.17, 15) is 14.9 Å². The minimum atomic E-state index is -0.476. The highest BCUT2D eigenvalue weighted by Gasteiger charge is 2.31. The predicted molar refractivity (Wildman–Crippen MR) is 158 cm³/mol. The van der Waals surface area contributed by atoms with Crippen molar-refractivity contribution in [2.75, 3.05) is 57.3 Å². The van der Waals surface area contributed by atoms with Crippen LogP contribution in [0.5, 0.6) is 0 Å². The van der Waals surface area contributed by atoms with Crippen molar-refractivity contribution in [1.82, 2.24) is 29.9 Å². The van der Waals surface area contributed by atoms with E-state index in [4.69, 9.17) is 4.74 Å². The molecule has 2 atom stereocenters. The van der Waals surface area contributed by atoms with Crippen LogP contribution >= 0.6 is 0 Å². The predicted octanol–water partition coefficient (Wildman–Crippen LogP) is 3.98. The summed E-state index contributed by atoms with van der Waals surface area (Å²) in [6.07, 6.45) is 1.55. The van der Waals surface area contributed by atoms with Crippen LogP contribution < -0.4 is 4.90 Å². The van der Waals surface area contributed by atoms with Gasteiger partial charge in [-0.1, -0.05) is 0 Å². The fourth-order valence-corrected chi connectivity index (χ4v) is 5.80. The Kier molecular flexibility index (Phi) is 8.14. The number of hydrogen-bond acceptors (Lipinski definition) is 9. The quantitative estimate of drug-likeness (QED) is 0.350. The van der Waals surface area contributed by atoms with Crippen molar-refractivity contribution < 1.29 is 14.5 Å². The number of rotatable bonds is 6. The van der Waals surface area contributed by atoms with Crippen molar-refractivity contribution in [3.8, 4) is 11.3 Å². The molecule has 12 nitrogen and oxygen atoms in total. The number of non-ortho nitro benzene ring substituents is 1. The van der Waals surface area contributed by atoms with E-state index in [2.05, 4.69) is 43.7 Å². The van der Waals surface area contributed by atoms with Crippen LogP contribution in [0.4, 0.5) is 16.3 Å². The van der Waals surface area contributed by atoms with Gasteiger partial charge in [-0.25, -0.2) is 9.78 Å². The van der Waals surface area contributed by atoms with Crippen LogP contribution in [0.25, 0.3) is 22.2 Å². The number of piperazine rings is 2. The molecule has 220 valence electrons. The third kappa shape index (κ3) is 6.59. The number of nitro benzene ring substituents is 1. The summed E-state index contributed by atoms with van der Waals surface area (Å²) in [5.41, 5.74) is 1.87. The average Bonchev–Trinajstić information content (AvgIpc) is 3.35. The molecule has 0 aliphatic carbocycles. The molecule has 1 aromatic carbocycles. The first kappa shape index (κ1) is 28.7. The average molecular weight is 565 g/mol. The van der Waals surface area contributed by atoms with E-state index in [0.29, 0.717) is 30.9 Å². The molecule has 41 heavy (non-hydrogen) atoms. The second-order valence-corrected chi connectivity index (χ2v) is 12.1. The Hall–Kier alpha value is -3.77. The molecule has 2 saturated heterocycles. The Morgan fingerprint density at radius 1 is 1.07 bits per heavy atom. The Morgan fingerprint density at radius 2 is 1.78 bits per heavy atom. The lowest BCUT2D eigenvalue weighted by Gasteiger charge is -2.46. The van der Waals surface area contributed by atoms with Crippen LogP contribution in [-0.2, 0) is 4.74 Å². The first-order chi connectivity index (χ1) is 19.5. The Morgan fingerprint density at radius 3 is 2.44 bits per heavy atom. The lowest BCUT2D eigenvalue weighted by Crippen LogP contribution is -2.59. The van der Waals surface area contributed by atoms with Gasteiger partial charge >= 0.3 is 6.09 Å². The molecular formula is C29H40N8O4. The third-order valence-corrected chi connectivity index (χ3v) is 7.90. The van der Waals surface area contributed by atoms with Crippen molar-refractivity contribution in [2.24, 2.45) is 0 Å². The molecular weight excluding hydrogens is 524 g/mol. The molecule has 0 saturated carbocycles. The summed E-state index contributed by atoms with van der Waals surface area (Å²) in [6.45, 7) is 16.9. The van der Waals surface area contributed by atoms with Crippen molar-refractivity contribution in [3.05, 3.63) is 46.6 Å². The summed E-state index contributed by atoms with van der Waals surface area (Å²) in [5.74, 6) is 0.876. The Balaban J connectivity index is 1.18. The van der Waals surface area contributed by atoms with Gasteiger partial charge in [0.2, 0.25) is 0 Å². The number of H-pyrrole nitrogens is 1. The first-order valence-electron chi connectivity index (χ1n) is 14.3. The molecule has 2 fully saturated rings. The molecule has 1 amide bonds. The van der Waals surface area contributed by atoms with Gasteiger partial charge in [-0.2, -0.15) is 5.10 Å². The second-order valence-electron chi connectivity index (χ2n) is 12.1. The molecule has 3 aromatic rings. The van der Waals surface area contributed by atoms with E-state index in [1.807, 2.05) is 32.9 Å². The van der Waals surface area contributed by atoms with E-state index in [-0.39, 0.29) is 16.7 Å². The third-order valence-electron chi connectivity index (χ3n) is 7.90. The zero-order chi connectivity index (χ0) is 29.3. The Labute approximate surface area is 240 Å². The normalized spacial score (nSPS) is 20.9. The van der Waals surface area contributed by atoms with Gasteiger partial charge in [0.1, 0.15) is 17.1 Å². The topological polar surface area (TPSA) is 124 Å². The van der Waals surface area contributed by atoms with Crippen LogP contribution in [0.2, 0.25) is 0 Å². The van der Waals surface area contributed by atoms with Crippen molar-refractivity contribution in [2.45, 2.75) is 52.3 Å². The first-order valence-corrected chi connectivity index (χ1v) is 14.3. The molecule has 5 rings (SSSR count). The largest absolute Gasteiger partial charge is 0.444 e. The van der Waals surface area contributed by atoms with Crippen molar-refractivity contribution in [3.63, 3.8) is 0 Å². The lowest BCUT2D eigenvalue weighted by molar-refractivity contribution is -0.384. The lowest BCUT2D eigenvalue weighted by atomic mass is 10.1. The SMILES string of the molecule is CC1CN(c2cc(-c3n[nH]c4ccc([N+](=O)[O-])cc34)ccn2)CC(C)N1CCN1CCN(C(=O)OC(C)(C)C)CC1. The standard InChI is InChI=1S/C29H40N8O4/c1-20-18-35(19-21(2)36(20)15-12-33-10-13-34(14-11-33)28(38)41-29(3,4)5)26-16-22(8-9-30-26)27-24-17-23(37(39)40)6-7-25(24)31-32-27/h6-9,16-17,20-21H,10-15,18-19H2,1-5H3,(H,31,32). The van der Waals surface area contributed by atoms with E-state index in [1.54, 1.807) is 23.2 Å². The highest BCUT2D eigenvalue weighted by atomic mass is 16.6. The summed E-state index contributed by atoms with van der Waals surface area (Å²) in [5, 5.41) is 19.5. The number of amides is 1. The smallest absolute Gasteiger partial charge is 0.410 e. The van der Waals surface area contributed by atoms with E-state index in [1.165, 1.54) is 6.07 Å². The molecule has 4 heterocycles. The highest BCUT2D eigenvalue weighted by molar-refractivity contribution is 5.94. The number of nitro groups is 1. The second kappa shape index (κ2) is 11.6. The minimum absolute atomic E-state index is 0.0399. The molecule has 2 unspecified atom stereocenters. The number of aromatic nitrogens is 3. The molecule has 0 bridgehead atoms. The zero-order valence-corrected chi connectivity index (χ0v) is 24.5. The maximum Gasteiger partial charge on any atom is 0.410 e. The number of carbonyl (C=O) groups excluding carboxylic acids is 1. The molecule has 2 aromatic heterocycles. The van der Waals surface area contributed by atoms with Gasteiger partial charge in [0.25, 0.3) is 5.69 Å². The van der Waals surface area contributed by atoms with Gasteiger partial charge < -0.3 is 14.5 Å². The van der Waals surface area contributed by atoms with Crippen LogP contribution in [-0.4, -0.2) is 111 Å². The summed E-state index contributed by atoms with van der Waals surface area (Å²) in [4.78, 5) is 37.1. The number of nitrogens with zero attached hydrogens (tertiary/aromatic N) is 7. The molecule has 2 aliphatic rings. The summed E-state index contributed by atoms with van der Waals surface area (Å²) < 4.78 is 5.52. The van der Waals surface area contributed by atoms with Crippen LogP contribution in [0, 0.1) is 10.1 Å². The molecule has 12 heteroatoms. The number of benzene rings is 1. The number of hydrogen-bond donors (Lipinski definition) is 1. The summed E-state index contributed by atoms with van der Waals surface area (Å²) in [6, 6.07) is 9.32. The van der Waals surface area contributed by atoms with Crippen molar-refractivity contribution >= 4 is 28.5 Å². The van der Waals surface area contributed by atoms with Gasteiger partial charge in [-0.05, 0) is 52.8 Å². The van der Waals surface area contributed by atoms with Gasteiger partial charge in [0.05, 0.1) is 10.4 Å². The minimum Gasteiger partial charge on any atom is -0.444 e. The summed E-state index contributed by atoms with van der Waals surface area (Å²) in [7, 11) is 0. The number of carbonyl (C=O) groups is 1. The fourth-order valence-electron chi connectivity index (χ4n) is 5.80. The fraction of sp³-hybridized carbons (Fsp3) is 0.552. The van der Waals surface area contributed by atoms with Gasteiger partial charge in [0, 0.05) is 93.7 Å². The number of pyridine rings is 1. The molecule has 1 N–H and O–H groups in total. The number of anilines is 1. The zero-order valence-electron chi connectivity index (χ0n) is 24.5.